The van der Waals surface area contributed by atoms with Crippen LogP contribution in [0.2, 0.25) is 10.0 Å². The molecule has 19 heavy (non-hydrogen) atoms. The standard InChI is InChI=1S/C14H9BrCl2O2/c15-11-9(6-7-10(16)12(11)17)14(19)13(18)8-4-2-1-3-5-8/h1-7,13,18H. The summed E-state index contributed by atoms with van der Waals surface area (Å²) in [5.74, 6) is -0.434. The van der Waals surface area contributed by atoms with Crippen LogP contribution in [0, 0.1) is 0 Å². The van der Waals surface area contributed by atoms with Gasteiger partial charge in [-0.15, -0.1) is 0 Å². The first-order valence-electron chi connectivity index (χ1n) is 5.43. The van der Waals surface area contributed by atoms with E-state index < -0.39 is 11.9 Å². The maximum atomic E-state index is 12.2. The molecule has 2 rings (SSSR count). The lowest BCUT2D eigenvalue weighted by Crippen LogP contribution is -2.13. The molecule has 0 aliphatic carbocycles. The SMILES string of the molecule is O=C(c1ccc(Cl)c(Cl)c1Br)C(O)c1ccccc1. The summed E-state index contributed by atoms with van der Waals surface area (Å²) in [6, 6.07) is 11.8. The van der Waals surface area contributed by atoms with E-state index in [1.54, 1.807) is 24.3 Å². The van der Waals surface area contributed by atoms with Gasteiger partial charge in [0.2, 0.25) is 0 Å². The van der Waals surface area contributed by atoms with E-state index in [2.05, 4.69) is 15.9 Å². The van der Waals surface area contributed by atoms with Crippen molar-refractivity contribution in [1.29, 1.82) is 0 Å². The molecule has 0 amide bonds. The van der Waals surface area contributed by atoms with Gasteiger partial charge in [0.15, 0.2) is 5.78 Å². The minimum absolute atomic E-state index is 0.257. The van der Waals surface area contributed by atoms with E-state index in [9.17, 15) is 9.90 Å². The van der Waals surface area contributed by atoms with E-state index in [0.29, 0.717) is 20.6 Å². The zero-order valence-electron chi connectivity index (χ0n) is 9.61. The average molecular weight is 360 g/mol. The van der Waals surface area contributed by atoms with Gasteiger partial charge in [0.05, 0.1) is 10.0 Å². The number of aliphatic hydroxyl groups excluding tert-OH is 1. The van der Waals surface area contributed by atoms with Gasteiger partial charge in [0.25, 0.3) is 0 Å². The van der Waals surface area contributed by atoms with Crippen molar-refractivity contribution < 1.29 is 9.90 Å². The topological polar surface area (TPSA) is 37.3 Å². The Morgan fingerprint density at radius 1 is 1.11 bits per heavy atom. The maximum Gasteiger partial charge on any atom is 0.197 e. The molecule has 98 valence electrons. The van der Waals surface area contributed by atoms with E-state index in [1.807, 2.05) is 6.07 Å². The first kappa shape index (κ1) is 14.5. The Morgan fingerprint density at radius 2 is 1.74 bits per heavy atom. The minimum atomic E-state index is -1.23. The first-order valence-corrected chi connectivity index (χ1v) is 6.98. The van der Waals surface area contributed by atoms with Gasteiger partial charge < -0.3 is 5.11 Å². The van der Waals surface area contributed by atoms with E-state index in [-0.39, 0.29) is 5.02 Å². The second-order valence-electron chi connectivity index (χ2n) is 3.90. The van der Waals surface area contributed by atoms with E-state index in [1.165, 1.54) is 12.1 Å². The van der Waals surface area contributed by atoms with Crippen molar-refractivity contribution in [3.05, 3.63) is 68.1 Å². The fourth-order valence-corrected chi connectivity index (χ4v) is 2.63. The Labute approximate surface area is 129 Å². The summed E-state index contributed by atoms with van der Waals surface area (Å²) in [5.41, 5.74) is 0.830. The highest BCUT2D eigenvalue weighted by atomic mass is 79.9. The Kier molecular flexibility index (Phi) is 4.63. The molecule has 1 unspecified atom stereocenters. The van der Waals surface area contributed by atoms with Crippen LogP contribution in [0.1, 0.15) is 22.0 Å². The molecular formula is C14H9BrCl2O2. The van der Waals surface area contributed by atoms with Gasteiger partial charge in [0.1, 0.15) is 6.10 Å². The molecule has 2 aromatic rings. The number of ketones is 1. The number of hydrogen-bond acceptors (Lipinski definition) is 2. The van der Waals surface area contributed by atoms with Crippen molar-refractivity contribution in [2.75, 3.05) is 0 Å². The number of aliphatic hydroxyl groups is 1. The number of carbonyl (C=O) groups excluding carboxylic acids is 1. The second kappa shape index (κ2) is 6.06. The Bertz CT molecular complexity index is 614. The van der Waals surface area contributed by atoms with Crippen LogP contribution in [0.15, 0.2) is 46.9 Å². The highest BCUT2D eigenvalue weighted by Gasteiger charge is 2.22. The lowest BCUT2D eigenvalue weighted by atomic mass is 10.0. The smallest absolute Gasteiger partial charge is 0.197 e. The molecule has 1 atom stereocenters. The molecule has 0 saturated carbocycles. The van der Waals surface area contributed by atoms with Gasteiger partial charge >= 0.3 is 0 Å². The maximum absolute atomic E-state index is 12.2. The number of Topliss-reactive ketones (excluding diaryl/α,β-unsaturated/α-hetero) is 1. The fourth-order valence-electron chi connectivity index (χ4n) is 1.65. The lowest BCUT2D eigenvalue weighted by Gasteiger charge is -2.12. The van der Waals surface area contributed by atoms with Gasteiger partial charge in [-0.1, -0.05) is 53.5 Å². The zero-order chi connectivity index (χ0) is 14.0. The molecule has 0 fully saturated rings. The van der Waals surface area contributed by atoms with E-state index >= 15 is 0 Å². The van der Waals surface area contributed by atoms with E-state index in [4.69, 9.17) is 23.2 Å². The molecule has 0 saturated heterocycles. The van der Waals surface area contributed by atoms with Crippen molar-refractivity contribution in [3.63, 3.8) is 0 Å². The van der Waals surface area contributed by atoms with Gasteiger partial charge in [-0.2, -0.15) is 0 Å². The molecule has 0 aliphatic heterocycles. The van der Waals surface area contributed by atoms with Crippen LogP contribution in [0.5, 0.6) is 0 Å². The lowest BCUT2D eigenvalue weighted by molar-refractivity contribution is 0.0746. The molecule has 0 spiro atoms. The van der Waals surface area contributed by atoms with Crippen LogP contribution in [0.4, 0.5) is 0 Å². The summed E-state index contributed by atoms with van der Waals surface area (Å²) in [6.07, 6.45) is -1.23. The Hall–Kier alpha value is -0.870. The summed E-state index contributed by atoms with van der Waals surface area (Å²) in [4.78, 5) is 12.2. The first-order chi connectivity index (χ1) is 9.02. The number of halogens is 3. The van der Waals surface area contributed by atoms with E-state index in [0.717, 1.165) is 0 Å². The second-order valence-corrected chi connectivity index (χ2v) is 5.48. The summed E-state index contributed by atoms with van der Waals surface area (Å²) in [7, 11) is 0. The highest BCUT2D eigenvalue weighted by molar-refractivity contribution is 9.10. The average Bonchev–Trinajstić information content (AvgIpc) is 2.44. The van der Waals surface area contributed by atoms with Crippen molar-refractivity contribution in [2.45, 2.75) is 6.10 Å². The van der Waals surface area contributed by atoms with Crippen molar-refractivity contribution in [2.24, 2.45) is 0 Å². The molecule has 0 radical (unpaired) electrons. The van der Waals surface area contributed by atoms with Crippen LogP contribution < -0.4 is 0 Å². The van der Waals surface area contributed by atoms with Crippen LogP contribution in [-0.2, 0) is 0 Å². The fraction of sp³-hybridized carbons (Fsp3) is 0.0714. The molecule has 5 heteroatoms. The number of carbonyl (C=O) groups is 1. The van der Waals surface area contributed by atoms with Gasteiger partial charge in [-0.05, 0) is 33.6 Å². The summed E-state index contributed by atoms with van der Waals surface area (Å²) in [6.45, 7) is 0. The normalized spacial score (nSPS) is 12.2. The summed E-state index contributed by atoms with van der Waals surface area (Å²) >= 11 is 15.0. The van der Waals surface area contributed by atoms with Gasteiger partial charge in [0, 0.05) is 10.0 Å². The van der Waals surface area contributed by atoms with Crippen LogP contribution in [0.25, 0.3) is 0 Å². The van der Waals surface area contributed by atoms with Gasteiger partial charge in [-0.25, -0.2) is 0 Å². The minimum Gasteiger partial charge on any atom is -0.380 e. The third-order valence-corrected chi connectivity index (χ3v) is 4.52. The summed E-state index contributed by atoms with van der Waals surface area (Å²) in [5, 5.41) is 10.7. The highest BCUT2D eigenvalue weighted by Crippen LogP contribution is 2.34. The number of rotatable bonds is 3. The third kappa shape index (κ3) is 3.00. The number of benzene rings is 2. The zero-order valence-corrected chi connectivity index (χ0v) is 12.7. The molecule has 1 N–H and O–H groups in total. The van der Waals surface area contributed by atoms with Gasteiger partial charge in [-0.3, -0.25) is 4.79 Å². The predicted molar refractivity (Wildman–Crippen MR) is 79.9 cm³/mol. The number of hydrogen-bond donors (Lipinski definition) is 1. The molecule has 0 bridgehead atoms. The van der Waals surface area contributed by atoms with Crippen molar-refractivity contribution in [3.8, 4) is 0 Å². The molecule has 0 aromatic heterocycles. The van der Waals surface area contributed by atoms with Crippen LogP contribution in [0.3, 0.4) is 0 Å². The molecule has 0 aliphatic rings. The molecular weight excluding hydrogens is 351 g/mol. The quantitative estimate of drug-likeness (QED) is 0.638. The van der Waals surface area contributed by atoms with Crippen LogP contribution in [-0.4, -0.2) is 10.9 Å². The molecule has 0 heterocycles. The monoisotopic (exact) mass is 358 g/mol. The third-order valence-electron chi connectivity index (χ3n) is 2.66. The van der Waals surface area contributed by atoms with Crippen molar-refractivity contribution >= 4 is 44.9 Å². The molecule has 2 nitrogen and oxygen atoms in total. The molecule has 2 aromatic carbocycles. The summed E-state index contributed by atoms with van der Waals surface area (Å²) < 4.78 is 0.390. The van der Waals surface area contributed by atoms with Crippen molar-refractivity contribution in [1.82, 2.24) is 0 Å². The Balaban J connectivity index is 2.38. The Morgan fingerprint density at radius 3 is 2.37 bits per heavy atom. The van der Waals surface area contributed by atoms with Crippen LogP contribution >= 0.6 is 39.1 Å². The largest absolute Gasteiger partial charge is 0.380 e. The predicted octanol–water partition coefficient (Wildman–Crippen LogP) is 4.67.